The van der Waals surface area contributed by atoms with Gasteiger partial charge in [0.15, 0.2) is 17.3 Å². The van der Waals surface area contributed by atoms with Crippen molar-refractivity contribution in [2.24, 2.45) is 5.41 Å². The van der Waals surface area contributed by atoms with E-state index in [1.165, 1.54) is 0 Å². The molecule has 1 N–H and O–H groups in total. The van der Waals surface area contributed by atoms with Crippen molar-refractivity contribution in [1.29, 1.82) is 0 Å². The summed E-state index contributed by atoms with van der Waals surface area (Å²) >= 11 is 0. The van der Waals surface area contributed by atoms with E-state index < -0.39 is 0 Å². The van der Waals surface area contributed by atoms with Crippen LogP contribution in [0.15, 0.2) is 30.9 Å². The van der Waals surface area contributed by atoms with E-state index in [9.17, 15) is 4.79 Å². The van der Waals surface area contributed by atoms with Crippen LogP contribution in [0, 0.1) is 5.41 Å². The summed E-state index contributed by atoms with van der Waals surface area (Å²) in [7, 11) is 3.28. The maximum Gasteiger partial charge on any atom is 0.161 e. The van der Waals surface area contributed by atoms with Crippen LogP contribution in [0.1, 0.15) is 58.9 Å². The Morgan fingerprint density at radius 1 is 1.34 bits per heavy atom. The Labute approximate surface area is 175 Å². The fourth-order valence-electron chi connectivity index (χ4n) is 4.05. The first kappa shape index (κ1) is 23.4. The molecular formula is C24H37NO4. The Kier molecular flexibility index (Phi) is 7.89. The maximum absolute atomic E-state index is 12.0. The van der Waals surface area contributed by atoms with Gasteiger partial charge in [0, 0.05) is 12.1 Å². The van der Waals surface area contributed by atoms with Gasteiger partial charge in [-0.3, -0.25) is 4.79 Å². The number of carbonyl (C=O) groups excluding carboxylic acids is 1. The molecule has 5 heteroatoms. The zero-order chi connectivity index (χ0) is 21.7. The van der Waals surface area contributed by atoms with Gasteiger partial charge in [-0.1, -0.05) is 26.0 Å². The van der Waals surface area contributed by atoms with E-state index in [-0.39, 0.29) is 28.9 Å². The second-order valence-electron chi connectivity index (χ2n) is 9.08. The number of hydrogen-bond acceptors (Lipinski definition) is 5. The van der Waals surface area contributed by atoms with Crippen LogP contribution in [0.2, 0.25) is 0 Å². The molecule has 1 aliphatic rings. The minimum atomic E-state index is -0.310. The SMILES string of the molecule is C=CCC(C)(C)C[C@@H]1O[C@H](C(C)=O)CC[C@@]1(C)NCc1ccc(OC)c(OC)c1. The Morgan fingerprint density at radius 3 is 2.62 bits per heavy atom. The van der Waals surface area contributed by atoms with Gasteiger partial charge in [0.1, 0.15) is 6.10 Å². The number of allylic oxidation sites excluding steroid dienone is 1. The molecule has 1 saturated heterocycles. The molecule has 29 heavy (non-hydrogen) atoms. The fraction of sp³-hybridized carbons (Fsp3) is 0.625. The Bertz CT molecular complexity index is 715. The van der Waals surface area contributed by atoms with Crippen molar-refractivity contribution >= 4 is 5.78 Å². The molecule has 1 heterocycles. The molecule has 162 valence electrons. The summed E-state index contributed by atoms with van der Waals surface area (Å²) in [6, 6.07) is 5.95. The van der Waals surface area contributed by atoms with E-state index in [0.29, 0.717) is 6.54 Å². The summed E-state index contributed by atoms with van der Waals surface area (Å²) in [5.74, 6) is 1.55. The zero-order valence-electron chi connectivity index (χ0n) is 18.8. The normalized spacial score (nSPS) is 24.8. The monoisotopic (exact) mass is 403 g/mol. The third-order valence-electron chi connectivity index (χ3n) is 6.00. The number of ketones is 1. The third-order valence-corrected chi connectivity index (χ3v) is 6.00. The number of rotatable bonds is 10. The van der Waals surface area contributed by atoms with E-state index in [1.807, 2.05) is 24.3 Å². The second kappa shape index (κ2) is 9.77. The smallest absolute Gasteiger partial charge is 0.161 e. The first-order valence-electron chi connectivity index (χ1n) is 10.4. The van der Waals surface area contributed by atoms with Crippen molar-refractivity contribution in [3.05, 3.63) is 36.4 Å². The predicted molar refractivity (Wildman–Crippen MR) is 117 cm³/mol. The summed E-state index contributed by atoms with van der Waals surface area (Å²) < 4.78 is 17.1. The second-order valence-corrected chi connectivity index (χ2v) is 9.08. The van der Waals surface area contributed by atoms with Crippen LogP contribution in [0.4, 0.5) is 0 Å². The van der Waals surface area contributed by atoms with Crippen LogP contribution >= 0.6 is 0 Å². The first-order valence-corrected chi connectivity index (χ1v) is 10.4. The van der Waals surface area contributed by atoms with Gasteiger partial charge in [-0.05, 0) is 62.6 Å². The molecule has 5 nitrogen and oxygen atoms in total. The number of Topliss-reactive ketones (excluding diaryl/α,β-unsaturated/α-hetero) is 1. The Hall–Kier alpha value is -1.85. The minimum Gasteiger partial charge on any atom is -0.493 e. The van der Waals surface area contributed by atoms with Gasteiger partial charge in [0.2, 0.25) is 0 Å². The Morgan fingerprint density at radius 2 is 2.03 bits per heavy atom. The zero-order valence-corrected chi connectivity index (χ0v) is 18.8. The molecule has 0 aliphatic carbocycles. The number of benzene rings is 1. The quantitative estimate of drug-likeness (QED) is 0.575. The summed E-state index contributed by atoms with van der Waals surface area (Å²) in [4.78, 5) is 12.0. The molecule has 0 saturated carbocycles. The van der Waals surface area contributed by atoms with Crippen LogP contribution in [0.3, 0.4) is 0 Å². The average Bonchev–Trinajstić information content (AvgIpc) is 2.67. The third kappa shape index (κ3) is 6.06. The largest absolute Gasteiger partial charge is 0.493 e. The highest BCUT2D eigenvalue weighted by Crippen LogP contribution is 2.38. The molecule has 1 aromatic carbocycles. The van der Waals surface area contributed by atoms with Crippen molar-refractivity contribution in [3.8, 4) is 11.5 Å². The molecule has 1 aliphatic heterocycles. The number of nitrogens with one attached hydrogen (secondary N) is 1. The molecule has 0 radical (unpaired) electrons. The summed E-state index contributed by atoms with van der Waals surface area (Å²) in [5, 5.41) is 3.72. The van der Waals surface area contributed by atoms with E-state index in [4.69, 9.17) is 14.2 Å². The lowest BCUT2D eigenvalue weighted by Crippen LogP contribution is -2.58. The summed E-state index contributed by atoms with van der Waals surface area (Å²) in [6.07, 6.45) is 4.99. The van der Waals surface area contributed by atoms with Crippen molar-refractivity contribution in [3.63, 3.8) is 0 Å². The molecule has 1 aromatic rings. The first-order chi connectivity index (χ1) is 13.6. The van der Waals surface area contributed by atoms with Crippen molar-refractivity contribution in [1.82, 2.24) is 5.32 Å². The van der Waals surface area contributed by atoms with Gasteiger partial charge in [-0.25, -0.2) is 0 Å². The summed E-state index contributed by atoms with van der Waals surface area (Å²) in [6.45, 7) is 12.9. The van der Waals surface area contributed by atoms with Gasteiger partial charge in [-0.2, -0.15) is 0 Å². The molecule has 2 rings (SSSR count). The molecule has 3 atom stereocenters. The lowest BCUT2D eigenvalue weighted by Gasteiger charge is -2.47. The number of ether oxygens (including phenoxy) is 3. The number of hydrogen-bond donors (Lipinski definition) is 1. The topological polar surface area (TPSA) is 56.8 Å². The standard InChI is InChI=1S/C24H37NO4/c1-8-12-23(3,4)15-22-24(5,13-11-19(29-22)17(2)26)25-16-18-9-10-20(27-6)21(14-18)28-7/h8-10,14,19,22,25H,1,11-13,15-16H2,2-7H3/t19-,22-,24+/m0/s1. The maximum atomic E-state index is 12.0. The van der Waals surface area contributed by atoms with Crippen molar-refractivity contribution in [2.75, 3.05) is 14.2 Å². The highest BCUT2D eigenvalue weighted by molar-refractivity contribution is 5.80. The highest BCUT2D eigenvalue weighted by Gasteiger charge is 2.43. The molecule has 0 bridgehead atoms. The van der Waals surface area contributed by atoms with E-state index in [2.05, 4.69) is 32.7 Å². The van der Waals surface area contributed by atoms with Gasteiger partial charge in [0.25, 0.3) is 0 Å². The predicted octanol–water partition coefficient (Wildman–Crippen LogP) is 4.68. The molecular weight excluding hydrogens is 366 g/mol. The number of carbonyl (C=O) groups is 1. The molecule has 0 spiro atoms. The molecule has 0 aromatic heterocycles. The summed E-state index contributed by atoms with van der Waals surface area (Å²) in [5.41, 5.74) is 0.941. The average molecular weight is 404 g/mol. The van der Waals surface area contributed by atoms with E-state index in [0.717, 1.165) is 42.7 Å². The van der Waals surface area contributed by atoms with Gasteiger partial charge < -0.3 is 19.5 Å². The van der Waals surface area contributed by atoms with Crippen molar-refractivity contribution < 1.29 is 19.0 Å². The van der Waals surface area contributed by atoms with Crippen LogP contribution in [-0.2, 0) is 16.1 Å². The van der Waals surface area contributed by atoms with Gasteiger partial charge in [-0.15, -0.1) is 6.58 Å². The molecule has 1 fully saturated rings. The van der Waals surface area contributed by atoms with Gasteiger partial charge in [0.05, 0.1) is 20.3 Å². The highest BCUT2D eigenvalue weighted by atomic mass is 16.5. The lowest BCUT2D eigenvalue weighted by molar-refractivity contribution is -0.150. The fourth-order valence-corrected chi connectivity index (χ4v) is 4.05. The van der Waals surface area contributed by atoms with Gasteiger partial charge >= 0.3 is 0 Å². The lowest BCUT2D eigenvalue weighted by atomic mass is 9.74. The van der Waals surface area contributed by atoms with Crippen LogP contribution in [-0.4, -0.2) is 37.7 Å². The van der Waals surface area contributed by atoms with Crippen LogP contribution in [0.25, 0.3) is 0 Å². The van der Waals surface area contributed by atoms with E-state index in [1.54, 1.807) is 21.1 Å². The van der Waals surface area contributed by atoms with Crippen LogP contribution in [0.5, 0.6) is 11.5 Å². The molecule has 0 unspecified atom stereocenters. The number of methoxy groups -OCH3 is 2. The minimum absolute atomic E-state index is 0.0529. The Balaban J connectivity index is 2.18. The van der Waals surface area contributed by atoms with Crippen molar-refractivity contribution in [2.45, 2.75) is 77.7 Å². The van der Waals surface area contributed by atoms with E-state index >= 15 is 0 Å². The van der Waals surface area contributed by atoms with Crippen LogP contribution < -0.4 is 14.8 Å². The molecule has 0 amide bonds.